The summed E-state index contributed by atoms with van der Waals surface area (Å²) in [6.07, 6.45) is 0. The second-order valence-corrected chi connectivity index (χ2v) is 5.92. The predicted octanol–water partition coefficient (Wildman–Crippen LogP) is 0.840. The number of carbonyl (C=O) groups is 1. The molecule has 0 radical (unpaired) electrons. The minimum Gasteiger partial charge on any atom is -0.445 e. The lowest BCUT2D eigenvalue weighted by atomic mass is 10.3. The Bertz CT molecular complexity index is 748. The molecule has 128 valence electrons. The average molecular weight is 332 g/mol. The Morgan fingerprint density at radius 3 is 2.42 bits per heavy atom. The number of morpholine rings is 2. The van der Waals surface area contributed by atoms with Gasteiger partial charge in [0.05, 0.1) is 26.4 Å². The lowest BCUT2D eigenvalue weighted by Crippen LogP contribution is -2.40. The van der Waals surface area contributed by atoms with Crippen LogP contribution in [-0.2, 0) is 9.47 Å². The van der Waals surface area contributed by atoms with E-state index >= 15 is 0 Å². The van der Waals surface area contributed by atoms with Gasteiger partial charge >= 0.3 is 0 Å². The van der Waals surface area contributed by atoms with E-state index in [4.69, 9.17) is 13.9 Å². The number of furan rings is 1. The summed E-state index contributed by atoms with van der Waals surface area (Å²) in [6, 6.07) is 1.71. The standard InChI is InChI=1S/C16H20N4O4/c1-11-17-12-10-13(16(21)20-4-8-23-9-5-20)24-14(12)15(18-11)19-2-6-22-7-3-19/h10H,2-9H2,1H3. The van der Waals surface area contributed by atoms with E-state index in [2.05, 4.69) is 14.9 Å². The highest BCUT2D eigenvalue weighted by Gasteiger charge is 2.25. The molecule has 2 fully saturated rings. The third-order valence-electron chi connectivity index (χ3n) is 4.29. The fraction of sp³-hybridized carbons (Fsp3) is 0.562. The first-order valence-electron chi connectivity index (χ1n) is 8.20. The lowest BCUT2D eigenvalue weighted by Gasteiger charge is -2.27. The highest BCUT2D eigenvalue weighted by atomic mass is 16.5. The largest absolute Gasteiger partial charge is 0.445 e. The molecular weight excluding hydrogens is 312 g/mol. The molecule has 8 heteroatoms. The molecule has 1 amide bonds. The van der Waals surface area contributed by atoms with Gasteiger partial charge in [0.15, 0.2) is 17.2 Å². The van der Waals surface area contributed by atoms with Crippen LogP contribution in [0.4, 0.5) is 5.82 Å². The first-order valence-corrected chi connectivity index (χ1v) is 8.20. The van der Waals surface area contributed by atoms with Gasteiger partial charge in [-0.25, -0.2) is 9.97 Å². The predicted molar refractivity (Wildman–Crippen MR) is 86.3 cm³/mol. The van der Waals surface area contributed by atoms with E-state index in [1.165, 1.54) is 0 Å². The maximum atomic E-state index is 12.6. The number of ether oxygens (including phenoxy) is 2. The Morgan fingerprint density at radius 2 is 1.71 bits per heavy atom. The van der Waals surface area contributed by atoms with Gasteiger partial charge in [-0.15, -0.1) is 0 Å². The van der Waals surface area contributed by atoms with Crippen molar-refractivity contribution < 1.29 is 18.7 Å². The third kappa shape index (κ3) is 2.83. The molecule has 0 bridgehead atoms. The summed E-state index contributed by atoms with van der Waals surface area (Å²) in [5.74, 6) is 1.58. The fourth-order valence-corrected chi connectivity index (χ4v) is 3.05. The molecule has 0 unspecified atom stereocenters. The van der Waals surface area contributed by atoms with Crippen molar-refractivity contribution >= 4 is 22.8 Å². The van der Waals surface area contributed by atoms with E-state index in [0.29, 0.717) is 62.2 Å². The number of fused-ring (bicyclic) bond motifs is 1. The summed E-state index contributed by atoms with van der Waals surface area (Å²) < 4.78 is 16.6. The van der Waals surface area contributed by atoms with Gasteiger partial charge in [-0.1, -0.05) is 0 Å². The van der Waals surface area contributed by atoms with Crippen LogP contribution in [0, 0.1) is 6.92 Å². The molecular formula is C16H20N4O4. The number of aryl methyl sites for hydroxylation is 1. The Hall–Kier alpha value is -2.19. The van der Waals surface area contributed by atoms with Crippen LogP contribution in [-0.4, -0.2) is 73.4 Å². The molecule has 8 nitrogen and oxygen atoms in total. The Balaban J connectivity index is 1.70. The summed E-state index contributed by atoms with van der Waals surface area (Å²) in [6.45, 7) is 6.94. The topological polar surface area (TPSA) is 80.9 Å². The number of carbonyl (C=O) groups excluding carboxylic acids is 1. The Morgan fingerprint density at radius 1 is 1.04 bits per heavy atom. The number of anilines is 1. The van der Waals surface area contributed by atoms with Crippen LogP contribution in [0.5, 0.6) is 0 Å². The Labute approximate surface area is 139 Å². The van der Waals surface area contributed by atoms with E-state index in [9.17, 15) is 4.79 Å². The van der Waals surface area contributed by atoms with Crippen molar-refractivity contribution in [3.05, 3.63) is 17.7 Å². The molecule has 0 aliphatic carbocycles. The molecule has 4 heterocycles. The van der Waals surface area contributed by atoms with Gasteiger partial charge in [0.2, 0.25) is 0 Å². The van der Waals surface area contributed by atoms with Gasteiger partial charge in [0, 0.05) is 32.2 Å². The van der Waals surface area contributed by atoms with Crippen LogP contribution in [0.3, 0.4) is 0 Å². The average Bonchev–Trinajstić information content (AvgIpc) is 3.05. The molecule has 2 aromatic heterocycles. The zero-order chi connectivity index (χ0) is 16.5. The van der Waals surface area contributed by atoms with Crippen LogP contribution >= 0.6 is 0 Å². The van der Waals surface area contributed by atoms with Crippen LogP contribution in [0.25, 0.3) is 11.1 Å². The maximum absolute atomic E-state index is 12.6. The summed E-state index contributed by atoms with van der Waals surface area (Å²) in [5.41, 5.74) is 1.24. The zero-order valence-corrected chi connectivity index (χ0v) is 13.7. The summed E-state index contributed by atoms with van der Waals surface area (Å²) >= 11 is 0. The van der Waals surface area contributed by atoms with Crippen LogP contribution < -0.4 is 4.90 Å². The second-order valence-electron chi connectivity index (χ2n) is 5.92. The van der Waals surface area contributed by atoms with Gasteiger partial charge in [-0.3, -0.25) is 4.79 Å². The quantitative estimate of drug-likeness (QED) is 0.806. The zero-order valence-electron chi connectivity index (χ0n) is 13.7. The molecule has 2 saturated heterocycles. The number of rotatable bonds is 2. The number of aromatic nitrogens is 2. The maximum Gasteiger partial charge on any atom is 0.289 e. The first kappa shape index (κ1) is 15.3. The molecule has 0 atom stereocenters. The smallest absolute Gasteiger partial charge is 0.289 e. The third-order valence-corrected chi connectivity index (χ3v) is 4.29. The second kappa shape index (κ2) is 6.37. The van der Waals surface area contributed by atoms with Crippen LogP contribution in [0.1, 0.15) is 16.4 Å². The van der Waals surface area contributed by atoms with E-state index < -0.39 is 0 Å². The van der Waals surface area contributed by atoms with Crippen molar-refractivity contribution in [2.24, 2.45) is 0 Å². The lowest BCUT2D eigenvalue weighted by molar-refractivity contribution is 0.0284. The van der Waals surface area contributed by atoms with Gasteiger partial charge < -0.3 is 23.7 Å². The molecule has 4 rings (SSSR count). The van der Waals surface area contributed by atoms with E-state index in [0.717, 1.165) is 18.9 Å². The molecule has 2 aliphatic heterocycles. The summed E-state index contributed by atoms with van der Waals surface area (Å²) in [7, 11) is 0. The first-order chi connectivity index (χ1) is 11.7. The highest BCUT2D eigenvalue weighted by Crippen LogP contribution is 2.28. The van der Waals surface area contributed by atoms with Crippen molar-refractivity contribution in [3.8, 4) is 0 Å². The minimum atomic E-state index is -0.123. The fourth-order valence-electron chi connectivity index (χ4n) is 3.05. The number of hydrogen-bond donors (Lipinski definition) is 0. The van der Waals surface area contributed by atoms with E-state index in [-0.39, 0.29) is 5.91 Å². The van der Waals surface area contributed by atoms with Crippen molar-refractivity contribution in [2.45, 2.75) is 6.92 Å². The molecule has 0 N–H and O–H groups in total. The molecule has 0 spiro atoms. The van der Waals surface area contributed by atoms with E-state index in [1.54, 1.807) is 11.0 Å². The highest BCUT2D eigenvalue weighted by molar-refractivity contribution is 5.97. The van der Waals surface area contributed by atoms with Gasteiger partial charge in [0.1, 0.15) is 11.3 Å². The van der Waals surface area contributed by atoms with Gasteiger partial charge in [0.25, 0.3) is 5.91 Å². The van der Waals surface area contributed by atoms with Crippen molar-refractivity contribution in [2.75, 3.05) is 57.5 Å². The monoisotopic (exact) mass is 332 g/mol. The molecule has 0 saturated carbocycles. The van der Waals surface area contributed by atoms with Crippen molar-refractivity contribution in [1.29, 1.82) is 0 Å². The van der Waals surface area contributed by atoms with E-state index in [1.807, 2.05) is 6.92 Å². The van der Waals surface area contributed by atoms with Gasteiger partial charge in [-0.05, 0) is 6.92 Å². The molecule has 0 aromatic carbocycles. The Kier molecular flexibility index (Phi) is 4.07. The van der Waals surface area contributed by atoms with Crippen LogP contribution in [0.2, 0.25) is 0 Å². The summed E-state index contributed by atoms with van der Waals surface area (Å²) in [4.78, 5) is 25.5. The SMILES string of the molecule is Cc1nc(N2CCOCC2)c2oc(C(=O)N3CCOCC3)cc2n1. The number of nitrogens with zero attached hydrogens (tertiary/aromatic N) is 4. The normalized spacial score (nSPS) is 19.0. The van der Waals surface area contributed by atoms with Crippen LogP contribution in [0.15, 0.2) is 10.5 Å². The molecule has 2 aromatic rings. The number of hydrogen-bond acceptors (Lipinski definition) is 7. The summed E-state index contributed by atoms with van der Waals surface area (Å²) in [5, 5.41) is 0. The van der Waals surface area contributed by atoms with Crippen molar-refractivity contribution in [1.82, 2.24) is 14.9 Å². The number of amides is 1. The molecule has 24 heavy (non-hydrogen) atoms. The van der Waals surface area contributed by atoms with Crippen molar-refractivity contribution in [3.63, 3.8) is 0 Å². The minimum absolute atomic E-state index is 0.123. The van der Waals surface area contributed by atoms with Gasteiger partial charge in [-0.2, -0.15) is 0 Å². The molecule has 2 aliphatic rings.